The Morgan fingerprint density at radius 2 is 1.95 bits per heavy atom. The van der Waals surface area contributed by atoms with Crippen molar-refractivity contribution in [3.8, 4) is 5.75 Å². The first-order valence-corrected chi connectivity index (χ1v) is 7.74. The van der Waals surface area contributed by atoms with E-state index in [4.69, 9.17) is 10.5 Å². The molecule has 4 nitrogen and oxygen atoms in total. The minimum Gasteiger partial charge on any atom is -0.482 e. The normalized spacial score (nSPS) is 13.6. The van der Waals surface area contributed by atoms with Crippen LogP contribution in [0, 0.1) is 0 Å². The van der Waals surface area contributed by atoms with E-state index >= 15 is 0 Å². The fraction of sp³-hybridized carbons (Fsp3) is 0.188. The fourth-order valence-corrected chi connectivity index (χ4v) is 3.25. The van der Waals surface area contributed by atoms with Crippen molar-refractivity contribution >= 4 is 29.0 Å². The third-order valence-electron chi connectivity index (χ3n) is 3.30. The maximum Gasteiger partial charge on any atom is 0.264 e. The van der Waals surface area contributed by atoms with Crippen LogP contribution >= 0.6 is 11.8 Å². The quantitative estimate of drug-likeness (QED) is 0.886. The van der Waals surface area contributed by atoms with Gasteiger partial charge in [-0.25, -0.2) is 0 Å². The molecule has 0 aliphatic carbocycles. The van der Waals surface area contributed by atoms with E-state index in [0.29, 0.717) is 18.0 Å². The topological polar surface area (TPSA) is 55.6 Å². The molecule has 3 rings (SSSR count). The van der Waals surface area contributed by atoms with Crippen LogP contribution < -0.4 is 15.4 Å². The number of fused-ring (bicyclic) bond motifs is 1. The minimum absolute atomic E-state index is 0.00673. The summed E-state index contributed by atoms with van der Waals surface area (Å²) in [4.78, 5) is 15.3. The largest absolute Gasteiger partial charge is 0.482 e. The van der Waals surface area contributed by atoms with Crippen LogP contribution in [0.2, 0.25) is 0 Å². The number of hydrogen-bond acceptors (Lipinski definition) is 4. The molecule has 0 radical (unpaired) electrons. The van der Waals surface area contributed by atoms with Crippen LogP contribution in [0.25, 0.3) is 0 Å². The van der Waals surface area contributed by atoms with Crippen molar-refractivity contribution in [1.82, 2.24) is 0 Å². The Bertz CT molecular complexity index is 660. The van der Waals surface area contributed by atoms with Crippen LogP contribution in [-0.2, 0) is 4.79 Å². The van der Waals surface area contributed by atoms with Crippen molar-refractivity contribution in [2.75, 3.05) is 29.5 Å². The molecule has 2 N–H and O–H groups in total. The number of nitrogen functional groups attached to an aromatic ring is 1. The molecule has 0 atom stereocenters. The Labute approximate surface area is 127 Å². The molecule has 0 spiro atoms. The maximum atomic E-state index is 12.4. The van der Waals surface area contributed by atoms with Gasteiger partial charge in [0.2, 0.25) is 0 Å². The molecule has 0 aromatic heterocycles. The minimum atomic E-state index is -0.0500. The van der Waals surface area contributed by atoms with Crippen LogP contribution in [0.5, 0.6) is 5.75 Å². The van der Waals surface area contributed by atoms with Crippen LogP contribution in [0.3, 0.4) is 0 Å². The molecule has 108 valence electrons. The summed E-state index contributed by atoms with van der Waals surface area (Å²) in [6.45, 7) is 0.696. The van der Waals surface area contributed by atoms with Crippen molar-refractivity contribution in [1.29, 1.82) is 0 Å². The zero-order chi connectivity index (χ0) is 14.7. The van der Waals surface area contributed by atoms with Gasteiger partial charge in [-0.3, -0.25) is 4.79 Å². The number of nitrogens with zero attached hydrogens (tertiary/aromatic N) is 1. The number of para-hydroxylation sites is 3. The van der Waals surface area contributed by atoms with Gasteiger partial charge >= 0.3 is 0 Å². The summed E-state index contributed by atoms with van der Waals surface area (Å²) in [5.41, 5.74) is 7.31. The van der Waals surface area contributed by atoms with Gasteiger partial charge in [0.25, 0.3) is 5.91 Å². The molecule has 5 heteroatoms. The standard InChI is InChI=1S/C16H16N2O2S/c17-12-5-1-3-7-14(12)20-11-16(19)18-9-10-21-15-8-4-2-6-13(15)18/h1-8H,9-11,17H2. The highest BCUT2D eigenvalue weighted by molar-refractivity contribution is 7.99. The van der Waals surface area contributed by atoms with Gasteiger partial charge in [-0.1, -0.05) is 24.3 Å². The van der Waals surface area contributed by atoms with Gasteiger partial charge in [0.05, 0.1) is 11.4 Å². The highest BCUT2D eigenvalue weighted by Crippen LogP contribution is 2.34. The van der Waals surface area contributed by atoms with E-state index in [-0.39, 0.29) is 12.5 Å². The highest BCUT2D eigenvalue weighted by atomic mass is 32.2. The van der Waals surface area contributed by atoms with Gasteiger partial charge < -0.3 is 15.4 Å². The average molecular weight is 300 g/mol. The zero-order valence-corrected chi connectivity index (χ0v) is 12.3. The molecule has 0 bridgehead atoms. The van der Waals surface area contributed by atoms with Crippen molar-refractivity contribution in [2.24, 2.45) is 0 Å². The summed E-state index contributed by atoms with van der Waals surface area (Å²) < 4.78 is 5.54. The maximum absolute atomic E-state index is 12.4. The average Bonchev–Trinajstić information content (AvgIpc) is 2.53. The molecule has 2 aromatic carbocycles. The summed E-state index contributed by atoms with van der Waals surface area (Å²) in [5.74, 6) is 1.40. The second kappa shape index (κ2) is 6.10. The van der Waals surface area contributed by atoms with Gasteiger partial charge in [0.1, 0.15) is 5.75 Å². The van der Waals surface area contributed by atoms with Gasteiger partial charge in [-0.15, -0.1) is 11.8 Å². The molecule has 0 saturated heterocycles. The number of hydrogen-bond donors (Lipinski definition) is 1. The summed E-state index contributed by atoms with van der Waals surface area (Å²) in [6.07, 6.45) is 0. The lowest BCUT2D eigenvalue weighted by Crippen LogP contribution is -2.38. The fourth-order valence-electron chi connectivity index (χ4n) is 2.26. The molecule has 0 fully saturated rings. The second-order valence-corrected chi connectivity index (χ2v) is 5.82. The number of benzene rings is 2. The van der Waals surface area contributed by atoms with Crippen LogP contribution in [0.15, 0.2) is 53.4 Å². The summed E-state index contributed by atoms with van der Waals surface area (Å²) in [7, 11) is 0. The first-order chi connectivity index (χ1) is 10.3. The van der Waals surface area contributed by atoms with Gasteiger partial charge in [0, 0.05) is 17.2 Å². The second-order valence-electron chi connectivity index (χ2n) is 4.69. The zero-order valence-electron chi connectivity index (χ0n) is 11.5. The molecule has 0 unspecified atom stereocenters. The Morgan fingerprint density at radius 3 is 2.81 bits per heavy atom. The first-order valence-electron chi connectivity index (χ1n) is 6.75. The molecule has 1 heterocycles. The van der Waals surface area contributed by atoms with Crippen LogP contribution in [0.4, 0.5) is 11.4 Å². The molecule has 1 aliphatic rings. The highest BCUT2D eigenvalue weighted by Gasteiger charge is 2.22. The Kier molecular flexibility index (Phi) is 4.01. The number of nitrogens with two attached hydrogens (primary N) is 1. The van der Waals surface area contributed by atoms with E-state index < -0.39 is 0 Å². The predicted molar refractivity (Wildman–Crippen MR) is 85.9 cm³/mol. The van der Waals surface area contributed by atoms with E-state index in [1.807, 2.05) is 36.4 Å². The van der Waals surface area contributed by atoms with E-state index in [2.05, 4.69) is 0 Å². The first kappa shape index (κ1) is 13.8. The monoisotopic (exact) mass is 300 g/mol. The SMILES string of the molecule is Nc1ccccc1OCC(=O)N1CCSc2ccccc21. The molecular weight excluding hydrogens is 284 g/mol. The Balaban J connectivity index is 1.71. The van der Waals surface area contributed by atoms with E-state index in [1.54, 1.807) is 28.8 Å². The number of carbonyl (C=O) groups is 1. The number of carbonyl (C=O) groups excluding carboxylic acids is 1. The molecule has 1 amide bonds. The summed E-state index contributed by atoms with van der Waals surface area (Å²) in [5, 5.41) is 0. The van der Waals surface area contributed by atoms with Crippen molar-refractivity contribution < 1.29 is 9.53 Å². The van der Waals surface area contributed by atoms with Crippen molar-refractivity contribution in [3.05, 3.63) is 48.5 Å². The number of rotatable bonds is 3. The molecule has 0 saturated carbocycles. The van der Waals surface area contributed by atoms with Crippen molar-refractivity contribution in [2.45, 2.75) is 4.90 Å². The Morgan fingerprint density at radius 1 is 1.19 bits per heavy atom. The smallest absolute Gasteiger partial charge is 0.264 e. The third-order valence-corrected chi connectivity index (χ3v) is 4.34. The lowest BCUT2D eigenvalue weighted by molar-refractivity contribution is -0.120. The van der Waals surface area contributed by atoms with E-state index in [1.165, 1.54) is 0 Å². The lowest BCUT2D eigenvalue weighted by Gasteiger charge is -2.28. The molecule has 2 aromatic rings. The summed E-state index contributed by atoms with van der Waals surface area (Å²) in [6, 6.07) is 15.1. The van der Waals surface area contributed by atoms with Crippen molar-refractivity contribution in [3.63, 3.8) is 0 Å². The number of thioether (sulfide) groups is 1. The number of amides is 1. The number of ether oxygens (including phenoxy) is 1. The van der Waals surface area contributed by atoms with Crippen LogP contribution in [0.1, 0.15) is 0 Å². The molecule has 21 heavy (non-hydrogen) atoms. The van der Waals surface area contributed by atoms with Gasteiger partial charge in [-0.05, 0) is 24.3 Å². The third kappa shape index (κ3) is 2.97. The van der Waals surface area contributed by atoms with Gasteiger partial charge in [0.15, 0.2) is 6.61 Å². The van der Waals surface area contributed by atoms with E-state index in [0.717, 1.165) is 16.3 Å². The molecule has 1 aliphatic heterocycles. The number of anilines is 2. The Hall–Kier alpha value is -2.14. The van der Waals surface area contributed by atoms with Gasteiger partial charge in [-0.2, -0.15) is 0 Å². The molecular formula is C16H16N2O2S. The van der Waals surface area contributed by atoms with E-state index in [9.17, 15) is 4.79 Å². The van der Waals surface area contributed by atoms with Crippen LogP contribution in [-0.4, -0.2) is 24.8 Å². The predicted octanol–water partition coefficient (Wildman–Crippen LogP) is 2.79. The summed E-state index contributed by atoms with van der Waals surface area (Å²) >= 11 is 1.77. The lowest BCUT2D eigenvalue weighted by atomic mass is 10.2.